The van der Waals surface area contributed by atoms with Crippen LogP contribution in [-0.2, 0) is 14.9 Å². The summed E-state index contributed by atoms with van der Waals surface area (Å²) in [6, 6.07) is 14.4. The zero-order valence-electron chi connectivity index (χ0n) is 13.6. The highest BCUT2D eigenvalue weighted by Gasteiger charge is 2.22. The molecule has 0 aliphatic carbocycles. The second-order valence-electron chi connectivity index (χ2n) is 5.99. The van der Waals surface area contributed by atoms with Crippen molar-refractivity contribution in [1.82, 2.24) is 0 Å². The molecule has 3 N–H and O–H groups in total. The molecule has 3 rings (SSSR count). The molecule has 5 heteroatoms. The normalized spacial score (nSPS) is 12.3. The zero-order chi connectivity index (χ0) is 17.7. The highest BCUT2D eigenvalue weighted by atomic mass is 16.5. The third-order valence-electron chi connectivity index (χ3n) is 3.79. The van der Waals surface area contributed by atoms with Crippen LogP contribution in [0.1, 0.15) is 31.4 Å². The predicted octanol–water partition coefficient (Wildman–Crippen LogP) is 3.76. The van der Waals surface area contributed by atoms with Crippen molar-refractivity contribution in [3.63, 3.8) is 0 Å². The molecule has 1 aliphatic rings. The minimum absolute atomic E-state index is 0.0278. The molecule has 126 valence electrons. The van der Waals surface area contributed by atoms with Gasteiger partial charge < -0.3 is 20.1 Å². The number of aromatic hydroxyl groups is 2. The highest BCUT2D eigenvalue weighted by molar-refractivity contribution is 5.70. The smallest absolute Gasteiger partial charge is 0.311 e. The van der Waals surface area contributed by atoms with Gasteiger partial charge in [-0.3, -0.25) is 4.79 Å². The molecule has 0 spiro atoms. The Balaban J connectivity index is 0.000000249. The van der Waals surface area contributed by atoms with Gasteiger partial charge in [0.25, 0.3) is 0 Å². The van der Waals surface area contributed by atoms with Crippen LogP contribution in [0.15, 0.2) is 60.6 Å². The van der Waals surface area contributed by atoms with Gasteiger partial charge >= 0.3 is 5.97 Å². The summed E-state index contributed by atoms with van der Waals surface area (Å²) < 4.78 is 4.43. The molecule has 0 atom stereocenters. The van der Waals surface area contributed by atoms with Crippen molar-refractivity contribution in [1.29, 1.82) is 0 Å². The van der Waals surface area contributed by atoms with Crippen LogP contribution < -0.4 is 0 Å². The molecule has 2 aromatic carbocycles. The van der Waals surface area contributed by atoms with Gasteiger partial charge in [-0.25, -0.2) is 0 Å². The van der Waals surface area contributed by atoms with Gasteiger partial charge in [0, 0.05) is 5.41 Å². The van der Waals surface area contributed by atoms with Crippen LogP contribution in [0.25, 0.3) is 0 Å². The average molecular weight is 328 g/mol. The third kappa shape index (κ3) is 4.78. The minimum Gasteiger partial charge on any atom is -0.508 e. The van der Waals surface area contributed by atoms with Crippen molar-refractivity contribution in [3.05, 3.63) is 71.7 Å². The molecule has 0 amide bonds. The van der Waals surface area contributed by atoms with E-state index >= 15 is 0 Å². The second-order valence-corrected chi connectivity index (χ2v) is 5.99. The molecule has 0 unspecified atom stereocenters. The predicted molar refractivity (Wildman–Crippen MR) is 89.8 cm³/mol. The van der Waals surface area contributed by atoms with Crippen molar-refractivity contribution >= 4 is 5.97 Å². The molecule has 0 aromatic heterocycles. The number of hydrogen-bond acceptors (Lipinski definition) is 4. The molecule has 1 aliphatic heterocycles. The van der Waals surface area contributed by atoms with E-state index in [1.165, 1.54) is 6.26 Å². The molecule has 0 saturated carbocycles. The third-order valence-corrected chi connectivity index (χ3v) is 3.79. The average Bonchev–Trinajstić information content (AvgIpc) is 3.32. The van der Waals surface area contributed by atoms with Crippen LogP contribution in [-0.4, -0.2) is 21.3 Å². The van der Waals surface area contributed by atoms with Gasteiger partial charge in [0.15, 0.2) is 0 Å². The summed E-state index contributed by atoms with van der Waals surface area (Å²) in [7, 11) is 0. The van der Waals surface area contributed by atoms with Gasteiger partial charge in [-0.05, 0) is 35.4 Å². The second kappa shape index (κ2) is 7.08. The quantitative estimate of drug-likeness (QED) is 0.795. The molecule has 2 aromatic rings. The first kappa shape index (κ1) is 17.4. The van der Waals surface area contributed by atoms with E-state index < -0.39 is 5.97 Å². The number of phenolic OH excluding ortho intramolecular Hbond substituents is 2. The summed E-state index contributed by atoms with van der Waals surface area (Å²) in [5.41, 5.74) is 2.10. The standard InChI is InChI=1S/C15H16O2.C4H4O3/c1-15(2,11-3-7-13(16)8-4-11)12-5-9-14(17)10-6-12;5-4(6)1-3-2-7-3/h3-10,16-17H,1-2H3;2H,1H2,(H,5,6). The summed E-state index contributed by atoms with van der Waals surface area (Å²) in [5.74, 6) is 0.266. The maximum atomic E-state index is 9.73. The lowest BCUT2D eigenvalue weighted by molar-refractivity contribution is -0.136. The Hall–Kier alpha value is -2.95. The van der Waals surface area contributed by atoms with Crippen LogP contribution in [0.3, 0.4) is 0 Å². The largest absolute Gasteiger partial charge is 0.508 e. The summed E-state index contributed by atoms with van der Waals surface area (Å²) in [6.07, 6.45) is 1.45. The van der Waals surface area contributed by atoms with Crippen molar-refractivity contribution in [2.45, 2.75) is 25.7 Å². The Bertz CT molecular complexity index is 680. The van der Waals surface area contributed by atoms with Crippen LogP contribution >= 0.6 is 0 Å². The number of carboxylic acids is 1. The number of carbonyl (C=O) groups is 1. The molecule has 1 heterocycles. The van der Waals surface area contributed by atoms with Crippen molar-refractivity contribution in [2.24, 2.45) is 0 Å². The topological polar surface area (TPSA) is 90.3 Å². The van der Waals surface area contributed by atoms with Crippen molar-refractivity contribution < 1.29 is 24.9 Å². The maximum Gasteiger partial charge on any atom is 0.311 e. The summed E-state index contributed by atoms with van der Waals surface area (Å²) in [4.78, 5) is 9.73. The Morgan fingerprint density at radius 3 is 1.54 bits per heavy atom. The van der Waals surface area contributed by atoms with E-state index in [9.17, 15) is 15.0 Å². The molecule has 0 fully saturated rings. The summed E-state index contributed by atoms with van der Waals surface area (Å²) >= 11 is 0. The number of phenols is 2. The molecule has 0 radical (unpaired) electrons. The Labute approximate surface area is 140 Å². The number of aliphatic carboxylic acids is 1. The zero-order valence-corrected chi connectivity index (χ0v) is 13.6. The van der Waals surface area contributed by atoms with Gasteiger partial charge in [0.2, 0.25) is 0 Å². The Kier molecular flexibility index (Phi) is 5.14. The number of hydrogen-bond donors (Lipinski definition) is 3. The maximum absolute atomic E-state index is 9.73. The first-order chi connectivity index (χ1) is 11.3. The SMILES string of the molecule is CC(C)(c1ccc(O)cc1)c1ccc(O)cc1.O=C(O)CC1=CO1. The van der Waals surface area contributed by atoms with E-state index in [-0.39, 0.29) is 23.3 Å². The molecule has 5 nitrogen and oxygen atoms in total. The van der Waals surface area contributed by atoms with Gasteiger partial charge in [-0.1, -0.05) is 38.1 Å². The monoisotopic (exact) mass is 328 g/mol. The summed E-state index contributed by atoms with van der Waals surface area (Å²) in [6.45, 7) is 4.23. The first-order valence-electron chi connectivity index (χ1n) is 7.45. The van der Waals surface area contributed by atoms with Crippen molar-refractivity contribution in [3.8, 4) is 11.5 Å². The van der Waals surface area contributed by atoms with Crippen LogP contribution in [0.2, 0.25) is 0 Å². The lowest BCUT2D eigenvalue weighted by Crippen LogP contribution is -2.18. The lowest BCUT2D eigenvalue weighted by Gasteiger charge is -2.26. The Morgan fingerprint density at radius 1 is 0.917 bits per heavy atom. The van der Waals surface area contributed by atoms with Crippen molar-refractivity contribution in [2.75, 3.05) is 0 Å². The van der Waals surface area contributed by atoms with E-state index in [1.54, 1.807) is 24.3 Å². The molecular weight excluding hydrogens is 308 g/mol. The number of rotatable bonds is 4. The first-order valence-corrected chi connectivity index (χ1v) is 7.45. The van der Waals surface area contributed by atoms with E-state index in [0.29, 0.717) is 5.76 Å². The lowest BCUT2D eigenvalue weighted by atomic mass is 9.78. The van der Waals surface area contributed by atoms with Gasteiger partial charge in [0.05, 0.1) is 0 Å². The fourth-order valence-electron chi connectivity index (χ4n) is 2.20. The minimum atomic E-state index is -0.844. The molecule has 24 heavy (non-hydrogen) atoms. The highest BCUT2D eigenvalue weighted by Crippen LogP contribution is 2.32. The fraction of sp³-hybridized carbons (Fsp3) is 0.211. The molecular formula is C19H20O5. The van der Waals surface area contributed by atoms with Crippen LogP contribution in [0.5, 0.6) is 11.5 Å². The van der Waals surface area contributed by atoms with E-state index in [2.05, 4.69) is 18.6 Å². The number of carboxylic acid groups (broad SMARTS) is 1. The van der Waals surface area contributed by atoms with E-state index in [4.69, 9.17) is 5.11 Å². The molecule has 0 saturated heterocycles. The van der Waals surface area contributed by atoms with Crippen LogP contribution in [0, 0.1) is 0 Å². The van der Waals surface area contributed by atoms with Crippen LogP contribution in [0.4, 0.5) is 0 Å². The fourth-order valence-corrected chi connectivity index (χ4v) is 2.20. The van der Waals surface area contributed by atoms with Gasteiger partial charge in [0.1, 0.15) is 29.9 Å². The number of benzene rings is 2. The van der Waals surface area contributed by atoms with E-state index in [0.717, 1.165) is 11.1 Å². The van der Waals surface area contributed by atoms with Gasteiger partial charge in [-0.2, -0.15) is 0 Å². The molecule has 0 bridgehead atoms. The number of ether oxygens (including phenoxy) is 1. The van der Waals surface area contributed by atoms with E-state index in [1.807, 2.05) is 24.3 Å². The summed E-state index contributed by atoms with van der Waals surface area (Å²) in [5, 5.41) is 26.6. The Morgan fingerprint density at radius 2 is 1.29 bits per heavy atom. The van der Waals surface area contributed by atoms with Gasteiger partial charge in [-0.15, -0.1) is 0 Å².